The standard InChI is InChI=1S/C33H31ClFN7O7/c1-33(35)17-39(18-33)27(43)15-42-29-23(11-22(31(42)46)30(45)37-12-19-4-7-21(34)8-5-19)38-26(13-36-29)40-16-28(44)41(32(40)47)14-20-6-9-24(48-2)25(10-20)49-3/h4-11,13H,12,14-18H2,1-3H3,(H,37,45). The lowest BCUT2D eigenvalue weighted by atomic mass is 9.99. The monoisotopic (exact) mass is 691 g/mol. The minimum absolute atomic E-state index is 0.0130. The molecule has 0 bridgehead atoms. The van der Waals surface area contributed by atoms with Crippen molar-refractivity contribution in [2.75, 3.05) is 38.8 Å². The van der Waals surface area contributed by atoms with E-state index in [4.69, 9.17) is 21.1 Å². The lowest BCUT2D eigenvalue weighted by Crippen LogP contribution is -2.60. The summed E-state index contributed by atoms with van der Waals surface area (Å²) in [5.41, 5.74) is -1.37. The first-order valence-corrected chi connectivity index (χ1v) is 15.5. The molecule has 16 heteroatoms. The highest BCUT2D eigenvalue weighted by Crippen LogP contribution is 2.30. The number of pyridine rings is 1. The van der Waals surface area contributed by atoms with Crippen LogP contribution < -0.4 is 25.2 Å². The number of hydrogen-bond donors (Lipinski definition) is 1. The number of hydrogen-bond acceptors (Lipinski definition) is 9. The van der Waals surface area contributed by atoms with Crippen LogP contribution in [0.1, 0.15) is 28.4 Å². The minimum Gasteiger partial charge on any atom is -0.493 e. The first kappa shape index (κ1) is 33.3. The summed E-state index contributed by atoms with van der Waals surface area (Å²) >= 11 is 5.95. The van der Waals surface area contributed by atoms with Crippen LogP contribution in [0.5, 0.6) is 11.5 Å². The molecule has 2 aromatic heterocycles. The van der Waals surface area contributed by atoms with E-state index in [0.29, 0.717) is 22.1 Å². The highest BCUT2D eigenvalue weighted by atomic mass is 35.5. The Bertz CT molecular complexity index is 2050. The molecule has 0 spiro atoms. The van der Waals surface area contributed by atoms with Gasteiger partial charge in [0.05, 0.1) is 40.1 Å². The number of halogens is 2. The SMILES string of the molecule is COc1ccc(CN2C(=O)CN(c3cnc4c(cc(C(=O)NCc5ccc(Cl)cc5)c(=O)n4CC(=O)N4CC(C)(F)C4)n3)C2=O)cc1OC. The Morgan fingerprint density at radius 2 is 1.69 bits per heavy atom. The molecule has 5 amide bonds. The highest BCUT2D eigenvalue weighted by Gasteiger charge is 2.42. The number of methoxy groups -OCH3 is 2. The second-order valence-corrected chi connectivity index (χ2v) is 12.3. The zero-order valence-electron chi connectivity index (χ0n) is 26.7. The van der Waals surface area contributed by atoms with E-state index in [1.165, 1.54) is 38.3 Å². The number of benzene rings is 2. The van der Waals surface area contributed by atoms with Gasteiger partial charge in [-0.15, -0.1) is 0 Å². The van der Waals surface area contributed by atoms with Gasteiger partial charge >= 0.3 is 6.03 Å². The van der Waals surface area contributed by atoms with E-state index in [2.05, 4.69) is 15.3 Å². The number of nitrogens with zero attached hydrogens (tertiary/aromatic N) is 6. The number of rotatable bonds is 10. The Morgan fingerprint density at radius 1 is 1.00 bits per heavy atom. The topological polar surface area (TPSA) is 156 Å². The van der Waals surface area contributed by atoms with Gasteiger partial charge in [-0.1, -0.05) is 29.8 Å². The predicted molar refractivity (Wildman–Crippen MR) is 175 cm³/mol. The van der Waals surface area contributed by atoms with E-state index >= 15 is 0 Å². The molecular weight excluding hydrogens is 661 g/mol. The minimum atomic E-state index is -1.53. The Hall–Kier alpha value is -5.57. The summed E-state index contributed by atoms with van der Waals surface area (Å²) < 4.78 is 25.7. The van der Waals surface area contributed by atoms with Gasteiger partial charge in [-0.25, -0.2) is 19.2 Å². The van der Waals surface area contributed by atoms with Crippen LogP contribution in [0.15, 0.2) is 59.5 Å². The number of anilines is 1. The van der Waals surface area contributed by atoms with E-state index in [9.17, 15) is 28.4 Å². The van der Waals surface area contributed by atoms with Crippen molar-refractivity contribution in [1.82, 2.24) is 29.7 Å². The van der Waals surface area contributed by atoms with Crippen molar-refractivity contribution >= 4 is 52.3 Å². The number of imide groups is 1. The Morgan fingerprint density at radius 3 is 2.37 bits per heavy atom. The van der Waals surface area contributed by atoms with Gasteiger partial charge in [0, 0.05) is 11.6 Å². The van der Waals surface area contributed by atoms with Gasteiger partial charge in [0.1, 0.15) is 29.8 Å². The van der Waals surface area contributed by atoms with Crippen LogP contribution in [0.2, 0.25) is 5.02 Å². The number of aromatic nitrogens is 3. The third kappa shape index (κ3) is 6.74. The summed E-state index contributed by atoms with van der Waals surface area (Å²) in [6, 6.07) is 12.3. The van der Waals surface area contributed by atoms with Crippen molar-refractivity contribution in [2.45, 2.75) is 32.2 Å². The average molecular weight is 692 g/mol. The van der Waals surface area contributed by atoms with E-state index in [1.807, 2.05) is 0 Å². The van der Waals surface area contributed by atoms with Crippen LogP contribution in [0.4, 0.5) is 15.0 Å². The van der Waals surface area contributed by atoms with Crippen molar-refractivity contribution in [2.24, 2.45) is 0 Å². The van der Waals surface area contributed by atoms with Gasteiger partial charge in [0.15, 0.2) is 23.0 Å². The molecule has 2 fully saturated rings. The molecule has 4 aromatic rings. The zero-order valence-corrected chi connectivity index (χ0v) is 27.5. The molecule has 2 aromatic carbocycles. The van der Waals surface area contributed by atoms with E-state index in [0.717, 1.165) is 19.9 Å². The number of urea groups is 1. The Labute approximate surface area is 284 Å². The third-order valence-corrected chi connectivity index (χ3v) is 8.45. The molecule has 0 unspecified atom stereocenters. The number of nitrogens with one attached hydrogen (secondary N) is 1. The first-order chi connectivity index (χ1) is 23.4. The smallest absolute Gasteiger partial charge is 0.333 e. The van der Waals surface area contributed by atoms with Gasteiger partial charge in [-0.2, -0.15) is 0 Å². The number of amides is 5. The van der Waals surface area contributed by atoms with Crippen LogP contribution in [-0.4, -0.2) is 87.6 Å². The fourth-order valence-corrected chi connectivity index (χ4v) is 5.78. The fraction of sp³-hybridized carbons (Fsp3) is 0.303. The molecule has 0 aliphatic carbocycles. The van der Waals surface area contributed by atoms with Crippen molar-refractivity contribution in [3.05, 3.63) is 86.8 Å². The molecule has 0 saturated carbocycles. The summed E-state index contributed by atoms with van der Waals surface area (Å²) in [6.45, 7) is 0.246. The molecule has 0 atom stereocenters. The van der Waals surface area contributed by atoms with Crippen molar-refractivity contribution in [3.63, 3.8) is 0 Å². The Balaban J connectivity index is 1.31. The molecule has 49 heavy (non-hydrogen) atoms. The van der Waals surface area contributed by atoms with Gasteiger partial charge in [-0.3, -0.25) is 33.5 Å². The second kappa shape index (κ2) is 13.1. The average Bonchev–Trinajstić information content (AvgIpc) is 3.35. The largest absolute Gasteiger partial charge is 0.493 e. The molecule has 254 valence electrons. The third-order valence-electron chi connectivity index (χ3n) is 8.20. The van der Waals surface area contributed by atoms with Gasteiger partial charge in [0.2, 0.25) is 5.91 Å². The normalized spacial score (nSPS) is 15.4. The number of fused-ring (bicyclic) bond motifs is 1. The molecule has 2 saturated heterocycles. The Kier molecular flexibility index (Phi) is 8.94. The van der Waals surface area contributed by atoms with Crippen molar-refractivity contribution < 1.29 is 33.0 Å². The number of alkyl halides is 1. The van der Waals surface area contributed by atoms with Crippen molar-refractivity contribution in [1.29, 1.82) is 0 Å². The molecule has 14 nitrogen and oxygen atoms in total. The number of carbonyl (C=O) groups is 4. The summed E-state index contributed by atoms with van der Waals surface area (Å²) in [7, 11) is 2.97. The summed E-state index contributed by atoms with van der Waals surface area (Å²) in [6.07, 6.45) is 1.20. The maximum absolute atomic E-state index is 14.2. The summed E-state index contributed by atoms with van der Waals surface area (Å²) in [4.78, 5) is 78.8. The predicted octanol–water partition coefficient (Wildman–Crippen LogP) is 2.93. The number of carbonyl (C=O) groups excluding carboxylic acids is 4. The van der Waals surface area contributed by atoms with Crippen LogP contribution in [0.25, 0.3) is 11.2 Å². The summed E-state index contributed by atoms with van der Waals surface area (Å²) in [5, 5.41) is 3.20. The van der Waals surface area contributed by atoms with Crippen LogP contribution in [0.3, 0.4) is 0 Å². The van der Waals surface area contributed by atoms with Gasteiger partial charge in [-0.05, 0) is 48.4 Å². The van der Waals surface area contributed by atoms with Gasteiger partial charge < -0.3 is 19.7 Å². The highest BCUT2D eigenvalue weighted by molar-refractivity contribution is 6.30. The summed E-state index contributed by atoms with van der Waals surface area (Å²) in [5.74, 6) is -0.878. The first-order valence-electron chi connectivity index (χ1n) is 15.1. The number of likely N-dealkylation sites (tertiary alicyclic amines) is 1. The fourth-order valence-electron chi connectivity index (χ4n) is 5.65. The second-order valence-electron chi connectivity index (χ2n) is 11.9. The molecule has 1 N–H and O–H groups in total. The molecular formula is C33H31ClFN7O7. The maximum atomic E-state index is 14.2. The number of ether oxygens (including phenoxy) is 2. The maximum Gasteiger partial charge on any atom is 0.333 e. The van der Waals surface area contributed by atoms with Crippen molar-refractivity contribution in [3.8, 4) is 11.5 Å². The van der Waals surface area contributed by atoms with E-state index in [1.54, 1.807) is 42.5 Å². The molecule has 4 heterocycles. The molecule has 0 radical (unpaired) electrons. The van der Waals surface area contributed by atoms with Gasteiger partial charge in [0.25, 0.3) is 17.4 Å². The molecule has 6 rings (SSSR count). The lowest BCUT2D eigenvalue weighted by molar-refractivity contribution is -0.144. The van der Waals surface area contributed by atoms with Crippen LogP contribution in [0, 0.1) is 0 Å². The lowest BCUT2D eigenvalue weighted by Gasteiger charge is -2.42. The van der Waals surface area contributed by atoms with Crippen LogP contribution in [-0.2, 0) is 29.2 Å². The quantitative estimate of drug-likeness (QED) is 0.247. The molecule has 2 aliphatic rings. The van der Waals surface area contributed by atoms with E-state index in [-0.39, 0.29) is 55.3 Å². The van der Waals surface area contributed by atoms with Crippen LogP contribution >= 0.6 is 11.6 Å². The molecule has 2 aliphatic heterocycles. The van der Waals surface area contributed by atoms with E-state index < -0.39 is 41.5 Å². The zero-order chi connectivity index (χ0) is 35.0.